The molecule has 1 saturated carbocycles. The van der Waals surface area contributed by atoms with Gasteiger partial charge >= 0.3 is 0 Å². The van der Waals surface area contributed by atoms with Gasteiger partial charge in [-0.3, -0.25) is 9.59 Å². The van der Waals surface area contributed by atoms with Gasteiger partial charge in [-0.2, -0.15) is 0 Å². The van der Waals surface area contributed by atoms with Gasteiger partial charge in [0.15, 0.2) is 0 Å². The van der Waals surface area contributed by atoms with Gasteiger partial charge in [0.1, 0.15) is 5.69 Å². The quantitative estimate of drug-likeness (QED) is 0.816. The first-order valence-corrected chi connectivity index (χ1v) is 8.45. The normalized spacial score (nSPS) is 19.3. The van der Waals surface area contributed by atoms with Gasteiger partial charge in [-0.15, -0.1) is 0 Å². The maximum Gasteiger partial charge on any atom is 0.270 e. The molecule has 1 aromatic rings. The van der Waals surface area contributed by atoms with Crippen molar-refractivity contribution in [2.75, 3.05) is 46.8 Å². The fourth-order valence-electron chi connectivity index (χ4n) is 3.04. The molecule has 6 heteroatoms. The summed E-state index contributed by atoms with van der Waals surface area (Å²) in [5.74, 6) is 0.212. The lowest BCUT2D eigenvalue weighted by Crippen LogP contribution is -2.39. The molecule has 1 aliphatic heterocycles. The van der Waals surface area contributed by atoms with Crippen LogP contribution in [-0.2, 0) is 4.79 Å². The van der Waals surface area contributed by atoms with Crippen LogP contribution in [0, 0.1) is 0 Å². The van der Waals surface area contributed by atoms with E-state index in [1.807, 2.05) is 42.2 Å². The summed E-state index contributed by atoms with van der Waals surface area (Å²) in [6.07, 6.45) is 4.73. The average molecular weight is 318 g/mol. The largest absolute Gasteiger partial charge is 0.340 e. The Morgan fingerprint density at radius 3 is 2.74 bits per heavy atom. The number of likely N-dealkylation sites (N-methyl/N-ethyl adjacent to an activating group) is 1. The van der Waals surface area contributed by atoms with Gasteiger partial charge in [0.05, 0.1) is 0 Å². The molecule has 1 aliphatic carbocycles. The highest BCUT2D eigenvalue weighted by Crippen LogP contribution is 2.36. The Morgan fingerprint density at radius 2 is 2.04 bits per heavy atom. The van der Waals surface area contributed by atoms with E-state index in [1.54, 1.807) is 0 Å². The van der Waals surface area contributed by atoms with Gasteiger partial charge in [0.2, 0.25) is 5.91 Å². The molecule has 2 aliphatic rings. The van der Waals surface area contributed by atoms with Crippen LogP contribution < -0.4 is 0 Å². The highest BCUT2D eigenvalue weighted by molar-refractivity contribution is 5.93. The zero-order valence-corrected chi connectivity index (χ0v) is 14.1. The minimum atomic E-state index is 0.0594. The van der Waals surface area contributed by atoms with Crippen LogP contribution in [0.15, 0.2) is 18.3 Å². The molecule has 1 saturated heterocycles. The van der Waals surface area contributed by atoms with E-state index in [-0.39, 0.29) is 11.8 Å². The number of amides is 2. The first-order chi connectivity index (χ1) is 11.1. The highest BCUT2D eigenvalue weighted by Gasteiger charge is 2.30. The van der Waals surface area contributed by atoms with Crippen molar-refractivity contribution in [1.29, 1.82) is 0 Å². The van der Waals surface area contributed by atoms with E-state index in [0.717, 1.165) is 31.6 Å². The van der Waals surface area contributed by atoms with E-state index < -0.39 is 0 Å². The molecule has 0 N–H and O–H groups in total. The summed E-state index contributed by atoms with van der Waals surface area (Å²) in [6.45, 7) is 3.35. The first-order valence-electron chi connectivity index (χ1n) is 8.45. The van der Waals surface area contributed by atoms with Crippen molar-refractivity contribution in [3.63, 3.8) is 0 Å². The Bertz CT molecular complexity index is 577. The van der Waals surface area contributed by atoms with Crippen LogP contribution >= 0.6 is 0 Å². The minimum absolute atomic E-state index is 0.0594. The van der Waals surface area contributed by atoms with Gasteiger partial charge in [0, 0.05) is 51.4 Å². The van der Waals surface area contributed by atoms with Crippen LogP contribution in [0.3, 0.4) is 0 Å². The summed E-state index contributed by atoms with van der Waals surface area (Å²) in [6, 6.07) is 4.34. The Hall–Kier alpha value is -1.82. The molecule has 0 bridgehead atoms. The van der Waals surface area contributed by atoms with Crippen molar-refractivity contribution in [2.45, 2.75) is 25.3 Å². The van der Waals surface area contributed by atoms with Gasteiger partial charge < -0.3 is 19.3 Å². The predicted octanol–water partition coefficient (Wildman–Crippen LogP) is 1.06. The Balaban J connectivity index is 1.63. The lowest BCUT2D eigenvalue weighted by molar-refractivity contribution is -0.130. The molecule has 126 valence electrons. The Labute approximate surface area is 137 Å². The molecule has 0 spiro atoms. The zero-order valence-electron chi connectivity index (χ0n) is 14.1. The van der Waals surface area contributed by atoms with Gasteiger partial charge in [-0.25, -0.2) is 0 Å². The van der Waals surface area contributed by atoms with E-state index in [4.69, 9.17) is 0 Å². The lowest BCUT2D eigenvalue weighted by Gasteiger charge is -2.24. The lowest BCUT2D eigenvalue weighted by atomic mass is 10.3. The summed E-state index contributed by atoms with van der Waals surface area (Å²) < 4.78 is 2.10. The number of carbonyl (C=O) groups excluding carboxylic acids is 2. The number of rotatable bonds is 5. The van der Waals surface area contributed by atoms with E-state index in [1.165, 1.54) is 0 Å². The van der Waals surface area contributed by atoms with Crippen LogP contribution in [0.4, 0.5) is 0 Å². The summed E-state index contributed by atoms with van der Waals surface area (Å²) in [7, 11) is 4.01. The summed E-state index contributed by atoms with van der Waals surface area (Å²) in [5.41, 5.74) is 0.765. The standard InChI is InChI=1S/C17H26N4O2/c1-18(2)10-11-19-12-13-20(9-7-16(19)22)17(23)15-4-3-8-21(15)14-5-6-14/h3-4,8,14H,5-7,9-13H2,1-2H3. The average Bonchev–Trinajstić information content (AvgIpc) is 3.28. The molecular formula is C17H26N4O2. The summed E-state index contributed by atoms with van der Waals surface area (Å²) in [5, 5.41) is 0. The van der Waals surface area contributed by atoms with Crippen molar-refractivity contribution in [3.8, 4) is 0 Å². The van der Waals surface area contributed by atoms with Crippen molar-refractivity contribution < 1.29 is 9.59 Å². The van der Waals surface area contributed by atoms with E-state index in [9.17, 15) is 9.59 Å². The summed E-state index contributed by atoms with van der Waals surface area (Å²) >= 11 is 0. The molecule has 1 aromatic heterocycles. The molecule has 23 heavy (non-hydrogen) atoms. The maximum atomic E-state index is 12.8. The van der Waals surface area contributed by atoms with E-state index in [0.29, 0.717) is 32.1 Å². The maximum absolute atomic E-state index is 12.8. The van der Waals surface area contributed by atoms with Crippen LogP contribution in [0.2, 0.25) is 0 Å². The van der Waals surface area contributed by atoms with Crippen LogP contribution in [0.25, 0.3) is 0 Å². The second-order valence-corrected chi connectivity index (χ2v) is 6.76. The molecule has 2 fully saturated rings. The highest BCUT2D eigenvalue weighted by atomic mass is 16.2. The van der Waals surface area contributed by atoms with Crippen molar-refractivity contribution >= 4 is 11.8 Å². The molecule has 2 amide bonds. The zero-order chi connectivity index (χ0) is 16.4. The fraction of sp³-hybridized carbons (Fsp3) is 0.647. The number of nitrogens with zero attached hydrogens (tertiary/aromatic N) is 4. The number of aromatic nitrogens is 1. The molecule has 0 aromatic carbocycles. The summed E-state index contributed by atoms with van der Waals surface area (Å²) in [4.78, 5) is 30.8. The molecule has 0 atom stereocenters. The predicted molar refractivity (Wildman–Crippen MR) is 88.4 cm³/mol. The molecular weight excluding hydrogens is 292 g/mol. The van der Waals surface area contributed by atoms with Crippen LogP contribution in [-0.4, -0.2) is 77.9 Å². The van der Waals surface area contributed by atoms with Gasteiger partial charge in [-0.05, 0) is 39.1 Å². The van der Waals surface area contributed by atoms with Crippen LogP contribution in [0.1, 0.15) is 35.8 Å². The number of hydrogen-bond donors (Lipinski definition) is 0. The third-order valence-corrected chi connectivity index (χ3v) is 4.63. The fourth-order valence-corrected chi connectivity index (χ4v) is 3.04. The Morgan fingerprint density at radius 1 is 1.26 bits per heavy atom. The third kappa shape index (κ3) is 3.75. The van der Waals surface area contributed by atoms with E-state index in [2.05, 4.69) is 9.47 Å². The minimum Gasteiger partial charge on any atom is -0.340 e. The first kappa shape index (κ1) is 16.1. The Kier molecular flexibility index (Phi) is 4.71. The third-order valence-electron chi connectivity index (χ3n) is 4.63. The number of hydrogen-bond acceptors (Lipinski definition) is 3. The molecule has 6 nitrogen and oxygen atoms in total. The van der Waals surface area contributed by atoms with Crippen LogP contribution in [0.5, 0.6) is 0 Å². The number of carbonyl (C=O) groups is 2. The van der Waals surface area contributed by atoms with Gasteiger partial charge in [-0.1, -0.05) is 0 Å². The van der Waals surface area contributed by atoms with Crippen molar-refractivity contribution in [1.82, 2.24) is 19.3 Å². The molecule has 0 unspecified atom stereocenters. The van der Waals surface area contributed by atoms with Crippen molar-refractivity contribution in [2.24, 2.45) is 0 Å². The molecule has 3 rings (SSSR count). The monoisotopic (exact) mass is 318 g/mol. The topological polar surface area (TPSA) is 48.8 Å². The van der Waals surface area contributed by atoms with E-state index >= 15 is 0 Å². The second kappa shape index (κ2) is 6.74. The van der Waals surface area contributed by atoms with Crippen molar-refractivity contribution in [3.05, 3.63) is 24.0 Å². The molecule has 2 heterocycles. The molecule has 0 radical (unpaired) electrons. The van der Waals surface area contributed by atoms with Gasteiger partial charge in [0.25, 0.3) is 5.91 Å². The SMILES string of the molecule is CN(C)CCN1CCN(C(=O)c2cccn2C2CC2)CCC1=O. The smallest absolute Gasteiger partial charge is 0.270 e. The second-order valence-electron chi connectivity index (χ2n) is 6.76.